The van der Waals surface area contributed by atoms with Crippen molar-refractivity contribution >= 4 is 45.5 Å². The smallest absolute Gasteiger partial charge is 0.311 e. The number of carbonyl (C=O) groups is 3. The van der Waals surface area contributed by atoms with E-state index in [1.807, 2.05) is 13.8 Å². The summed E-state index contributed by atoms with van der Waals surface area (Å²) in [6.45, 7) is 11.4. The van der Waals surface area contributed by atoms with E-state index in [1.165, 1.54) is 11.0 Å². The van der Waals surface area contributed by atoms with Crippen LogP contribution >= 0.6 is 27.7 Å². The minimum atomic E-state index is -0.739. The van der Waals surface area contributed by atoms with Crippen LogP contribution < -0.4 is 0 Å². The Morgan fingerprint density at radius 1 is 1.43 bits per heavy atom. The first-order chi connectivity index (χ1) is 14.2. The van der Waals surface area contributed by atoms with E-state index in [0.717, 1.165) is 0 Å². The molecule has 166 valence electrons. The van der Waals surface area contributed by atoms with Crippen molar-refractivity contribution in [2.24, 2.45) is 11.8 Å². The lowest BCUT2D eigenvalue weighted by atomic mass is 9.71. The number of ether oxygens (including phenoxy) is 1. The van der Waals surface area contributed by atoms with E-state index in [1.54, 1.807) is 22.7 Å². The van der Waals surface area contributed by atoms with E-state index < -0.39 is 28.6 Å². The van der Waals surface area contributed by atoms with Crippen LogP contribution in [0.25, 0.3) is 0 Å². The van der Waals surface area contributed by atoms with Crippen molar-refractivity contribution in [1.29, 1.82) is 0 Å². The van der Waals surface area contributed by atoms with Gasteiger partial charge < -0.3 is 19.6 Å². The number of aliphatic hydroxyl groups is 1. The fourth-order valence-electron chi connectivity index (χ4n) is 5.12. The van der Waals surface area contributed by atoms with Gasteiger partial charge in [-0.25, -0.2) is 0 Å². The van der Waals surface area contributed by atoms with E-state index in [4.69, 9.17) is 4.74 Å². The largest absolute Gasteiger partial charge is 0.461 e. The van der Waals surface area contributed by atoms with Gasteiger partial charge in [-0.15, -0.1) is 18.3 Å². The molecular weight excluding hydrogens is 472 g/mol. The van der Waals surface area contributed by atoms with Crippen molar-refractivity contribution in [2.45, 2.75) is 47.2 Å². The van der Waals surface area contributed by atoms with E-state index in [2.05, 4.69) is 29.1 Å². The predicted octanol–water partition coefficient (Wildman–Crippen LogP) is 1.60. The summed E-state index contributed by atoms with van der Waals surface area (Å²) in [7, 11) is 0. The summed E-state index contributed by atoms with van der Waals surface area (Å²) in [5.41, 5.74) is 0. The molecular formula is C21H29BrN2O5S. The molecule has 3 unspecified atom stereocenters. The summed E-state index contributed by atoms with van der Waals surface area (Å²) >= 11 is 5.24. The molecule has 0 aromatic heterocycles. The second-order valence-electron chi connectivity index (χ2n) is 8.21. The highest BCUT2D eigenvalue weighted by atomic mass is 79.9. The minimum absolute atomic E-state index is 0.0101. The number of carbonyl (C=O) groups excluding carboxylic acids is 3. The molecule has 2 bridgehead atoms. The molecule has 1 N–H and O–H groups in total. The van der Waals surface area contributed by atoms with Crippen molar-refractivity contribution in [3.05, 3.63) is 25.3 Å². The van der Waals surface area contributed by atoms with E-state index >= 15 is 0 Å². The fraction of sp³-hybridized carbons (Fsp3) is 0.667. The number of amides is 2. The highest BCUT2D eigenvalue weighted by molar-refractivity contribution is 9.09. The van der Waals surface area contributed by atoms with Crippen molar-refractivity contribution in [3.63, 3.8) is 0 Å². The Bertz CT molecular complexity index is 747. The molecule has 30 heavy (non-hydrogen) atoms. The maximum absolute atomic E-state index is 13.7. The Morgan fingerprint density at radius 3 is 2.70 bits per heavy atom. The van der Waals surface area contributed by atoms with Crippen LogP contribution in [0.5, 0.6) is 0 Å². The molecule has 3 rings (SSSR count). The summed E-state index contributed by atoms with van der Waals surface area (Å²) in [4.78, 5) is 43.3. The lowest BCUT2D eigenvalue weighted by molar-refractivity contribution is -0.153. The topological polar surface area (TPSA) is 87.1 Å². The van der Waals surface area contributed by atoms with Gasteiger partial charge in [-0.3, -0.25) is 14.4 Å². The van der Waals surface area contributed by atoms with Crippen LogP contribution in [-0.4, -0.2) is 85.9 Å². The van der Waals surface area contributed by atoms with Crippen molar-refractivity contribution in [1.82, 2.24) is 9.80 Å². The van der Waals surface area contributed by atoms with Crippen LogP contribution in [0.4, 0.5) is 0 Å². The summed E-state index contributed by atoms with van der Waals surface area (Å²) in [5.74, 6) is -2.12. The molecule has 3 fully saturated rings. The first-order valence-corrected chi connectivity index (χ1v) is 12.0. The van der Waals surface area contributed by atoms with Crippen molar-refractivity contribution < 1.29 is 24.2 Å². The number of thioether (sulfide) groups is 1. The summed E-state index contributed by atoms with van der Waals surface area (Å²) in [6, 6.07) is -0.814. The van der Waals surface area contributed by atoms with Gasteiger partial charge in [-0.1, -0.05) is 34.7 Å². The van der Waals surface area contributed by atoms with Crippen LogP contribution in [0.15, 0.2) is 25.3 Å². The van der Waals surface area contributed by atoms with Gasteiger partial charge >= 0.3 is 5.97 Å². The lowest BCUT2D eigenvalue weighted by Crippen LogP contribution is -2.57. The van der Waals surface area contributed by atoms with E-state index in [0.29, 0.717) is 13.0 Å². The Labute approximate surface area is 190 Å². The van der Waals surface area contributed by atoms with Crippen LogP contribution in [0.2, 0.25) is 0 Å². The molecule has 0 radical (unpaired) electrons. The zero-order valence-electron chi connectivity index (χ0n) is 17.3. The van der Waals surface area contributed by atoms with Gasteiger partial charge in [0.15, 0.2) is 0 Å². The highest BCUT2D eigenvalue weighted by Gasteiger charge is 2.76. The summed E-state index contributed by atoms with van der Waals surface area (Å²) in [6.07, 6.45) is 3.76. The van der Waals surface area contributed by atoms with Crippen molar-refractivity contribution in [2.75, 3.05) is 26.3 Å². The van der Waals surface area contributed by atoms with Gasteiger partial charge in [0, 0.05) is 29.2 Å². The van der Waals surface area contributed by atoms with Gasteiger partial charge in [0.05, 0.1) is 23.2 Å². The number of hydrogen-bond donors (Lipinski definition) is 1. The number of nitrogens with zero attached hydrogens (tertiary/aromatic N) is 2. The van der Waals surface area contributed by atoms with Crippen LogP contribution in [0.3, 0.4) is 0 Å². The molecule has 2 amide bonds. The average Bonchev–Trinajstić information content (AvgIpc) is 3.28. The normalized spacial score (nSPS) is 34.2. The molecule has 3 aliphatic heterocycles. The Balaban J connectivity index is 2.04. The third-order valence-electron chi connectivity index (χ3n) is 6.21. The second-order valence-corrected chi connectivity index (χ2v) is 10.9. The molecule has 3 heterocycles. The van der Waals surface area contributed by atoms with E-state index in [9.17, 15) is 19.5 Å². The average molecular weight is 501 g/mol. The number of alkyl halides is 1. The van der Waals surface area contributed by atoms with Crippen LogP contribution in [-0.2, 0) is 19.1 Å². The highest BCUT2D eigenvalue weighted by Crippen LogP contribution is 2.68. The van der Waals surface area contributed by atoms with Crippen LogP contribution in [0, 0.1) is 11.8 Å². The Morgan fingerprint density at radius 2 is 2.13 bits per heavy atom. The molecule has 0 aliphatic carbocycles. The van der Waals surface area contributed by atoms with E-state index in [-0.39, 0.29) is 47.7 Å². The molecule has 3 saturated heterocycles. The monoisotopic (exact) mass is 500 g/mol. The molecule has 7 nitrogen and oxygen atoms in total. The van der Waals surface area contributed by atoms with Gasteiger partial charge in [-0.05, 0) is 20.3 Å². The number of halogens is 1. The second kappa shape index (κ2) is 9.04. The van der Waals surface area contributed by atoms with Gasteiger partial charge in [0.25, 0.3) is 0 Å². The van der Waals surface area contributed by atoms with Gasteiger partial charge in [0.2, 0.25) is 11.8 Å². The minimum Gasteiger partial charge on any atom is -0.461 e. The maximum atomic E-state index is 13.7. The maximum Gasteiger partial charge on any atom is 0.311 e. The number of rotatable bonds is 9. The number of likely N-dealkylation sites (tertiary alicyclic amines) is 1. The first kappa shape index (κ1) is 23.3. The number of β-amino-alcohol motifs (C(OH)–C–C–N with tert-alkyl or cyclic N) is 1. The number of hydrogen-bond acceptors (Lipinski definition) is 6. The zero-order valence-corrected chi connectivity index (χ0v) is 19.7. The summed E-state index contributed by atoms with van der Waals surface area (Å²) in [5, 5.41) is 9.47. The SMILES string of the molecule is C=CCOC(=O)[C@H]1[C@H]2C(=O)N(CCO)C(C(=O)N(CC=C)C(C)C)C23CC(Br)[C@@H]1S3. The Kier molecular flexibility index (Phi) is 7.04. The van der Waals surface area contributed by atoms with Gasteiger partial charge in [-0.2, -0.15) is 0 Å². The number of esters is 1. The fourth-order valence-corrected chi connectivity index (χ4v) is 8.71. The molecule has 1 spiro atoms. The zero-order chi connectivity index (χ0) is 22.2. The van der Waals surface area contributed by atoms with Crippen molar-refractivity contribution in [3.8, 4) is 0 Å². The molecule has 0 aromatic rings. The molecule has 3 aliphatic rings. The summed E-state index contributed by atoms with van der Waals surface area (Å²) < 4.78 is 4.60. The van der Waals surface area contributed by atoms with Gasteiger partial charge in [0.1, 0.15) is 12.6 Å². The molecule has 9 heteroatoms. The molecule has 0 aromatic carbocycles. The predicted molar refractivity (Wildman–Crippen MR) is 119 cm³/mol. The first-order valence-electron chi connectivity index (χ1n) is 10.2. The number of fused-ring (bicyclic) bond motifs is 1. The third-order valence-corrected chi connectivity index (χ3v) is 9.43. The molecule has 6 atom stereocenters. The number of aliphatic hydroxyl groups excluding tert-OH is 1. The molecule has 0 saturated carbocycles. The standard InChI is InChI=1S/C21H29BrN2O5S/c1-5-7-23(12(3)4)19(27)17-21-11-13(22)16(30-21)14(20(28)29-10-6-2)15(21)18(26)24(17)8-9-25/h5-6,12-17,25H,1-2,7-11H2,3-4H3/t13?,14-,15-,16-,17?,21?/m0/s1. The quantitative estimate of drug-likeness (QED) is 0.294. The third kappa shape index (κ3) is 3.52. The van der Waals surface area contributed by atoms with Crippen LogP contribution in [0.1, 0.15) is 20.3 Å². The lowest BCUT2D eigenvalue weighted by Gasteiger charge is -2.38. The Hall–Kier alpha value is -1.32.